The molecular weight excluding hydrogens is 370 g/mol. The van der Waals surface area contributed by atoms with Gasteiger partial charge >= 0.3 is 0 Å². The second-order valence-electron chi connectivity index (χ2n) is 7.90. The van der Waals surface area contributed by atoms with Crippen molar-refractivity contribution >= 4 is 15.8 Å². The molecule has 0 N–H and O–H groups in total. The van der Waals surface area contributed by atoms with Crippen molar-refractivity contribution in [1.29, 1.82) is 0 Å². The van der Waals surface area contributed by atoms with Crippen LogP contribution in [-0.4, -0.2) is 37.3 Å². The van der Waals surface area contributed by atoms with Crippen LogP contribution >= 0.6 is 0 Å². The van der Waals surface area contributed by atoms with E-state index in [0.29, 0.717) is 11.4 Å². The van der Waals surface area contributed by atoms with Gasteiger partial charge in [0, 0.05) is 31.4 Å². The Morgan fingerprint density at radius 2 is 1.64 bits per heavy atom. The summed E-state index contributed by atoms with van der Waals surface area (Å²) in [5.74, 6) is 0.971. The summed E-state index contributed by atoms with van der Waals surface area (Å²) in [4.78, 5) is 7.40. The molecular formula is C22H29N3O2S. The van der Waals surface area contributed by atoms with Gasteiger partial charge in [-0.25, -0.2) is 13.4 Å². The van der Waals surface area contributed by atoms with Crippen molar-refractivity contribution in [3.63, 3.8) is 0 Å². The van der Waals surface area contributed by atoms with E-state index in [0.717, 1.165) is 49.3 Å². The lowest BCUT2D eigenvalue weighted by Gasteiger charge is -2.37. The van der Waals surface area contributed by atoms with Gasteiger partial charge in [-0.3, -0.25) is 0 Å². The number of pyridine rings is 1. The number of aryl methyl sites for hydroxylation is 1. The Kier molecular flexibility index (Phi) is 5.69. The predicted octanol–water partition coefficient (Wildman–Crippen LogP) is 4.30. The van der Waals surface area contributed by atoms with Gasteiger partial charge < -0.3 is 4.90 Å². The molecule has 0 amide bonds. The summed E-state index contributed by atoms with van der Waals surface area (Å²) in [6, 6.07) is 11.1. The van der Waals surface area contributed by atoms with E-state index in [1.807, 2.05) is 31.3 Å². The third-order valence-corrected chi connectivity index (χ3v) is 7.84. The molecule has 2 fully saturated rings. The summed E-state index contributed by atoms with van der Waals surface area (Å²) in [7, 11) is -3.54. The van der Waals surface area contributed by atoms with Crippen LogP contribution in [0.2, 0.25) is 0 Å². The minimum absolute atomic E-state index is 0.148. The van der Waals surface area contributed by atoms with Crippen molar-refractivity contribution in [3.05, 3.63) is 53.7 Å². The third-order valence-electron chi connectivity index (χ3n) is 5.91. The van der Waals surface area contributed by atoms with Gasteiger partial charge in [0.15, 0.2) is 0 Å². The van der Waals surface area contributed by atoms with Crippen LogP contribution in [0.1, 0.15) is 55.7 Å². The minimum atomic E-state index is -3.54. The molecule has 1 aromatic carbocycles. The Balaban J connectivity index is 1.71. The van der Waals surface area contributed by atoms with Gasteiger partial charge in [0.25, 0.3) is 0 Å². The Hall–Kier alpha value is -1.92. The molecule has 0 spiro atoms. The number of rotatable bonds is 4. The van der Waals surface area contributed by atoms with Crippen molar-refractivity contribution in [2.75, 3.05) is 24.5 Å². The summed E-state index contributed by atoms with van der Waals surface area (Å²) < 4.78 is 28.6. The van der Waals surface area contributed by atoms with E-state index in [4.69, 9.17) is 0 Å². The largest absolute Gasteiger partial charge is 0.356 e. The molecule has 28 heavy (non-hydrogen) atoms. The SMILES string of the molecule is Cc1ccc(S(=O)(=O)N2CCCC[C@H]2c2cccnc2N2CCCCC2)cc1. The van der Waals surface area contributed by atoms with Crippen molar-refractivity contribution in [1.82, 2.24) is 9.29 Å². The van der Waals surface area contributed by atoms with Crippen LogP contribution < -0.4 is 4.90 Å². The van der Waals surface area contributed by atoms with E-state index < -0.39 is 10.0 Å². The van der Waals surface area contributed by atoms with E-state index in [1.54, 1.807) is 16.4 Å². The second-order valence-corrected chi connectivity index (χ2v) is 9.79. The summed E-state index contributed by atoms with van der Waals surface area (Å²) in [6.45, 7) is 4.54. The molecule has 150 valence electrons. The average molecular weight is 400 g/mol. The van der Waals surface area contributed by atoms with Gasteiger partial charge in [0.05, 0.1) is 10.9 Å². The maximum absolute atomic E-state index is 13.5. The van der Waals surface area contributed by atoms with E-state index in [9.17, 15) is 8.42 Å². The smallest absolute Gasteiger partial charge is 0.243 e. The van der Waals surface area contributed by atoms with Gasteiger partial charge in [0.2, 0.25) is 10.0 Å². The zero-order valence-corrected chi connectivity index (χ0v) is 17.4. The zero-order chi connectivity index (χ0) is 19.6. The number of nitrogens with zero attached hydrogens (tertiary/aromatic N) is 3. The lowest BCUT2D eigenvalue weighted by atomic mass is 9.97. The normalized spacial score (nSPS) is 21.6. The van der Waals surface area contributed by atoms with Crippen LogP contribution in [0, 0.1) is 6.92 Å². The van der Waals surface area contributed by atoms with Crippen LogP contribution in [0.5, 0.6) is 0 Å². The van der Waals surface area contributed by atoms with Crippen molar-refractivity contribution < 1.29 is 8.42 Å². The van der Waals surface area contributed by atoms with E-state index in [1.165, 1.54) is 19.3 Å². The second kappa shape index (κ2) is 8.21. The van der Waals surface area contributed by atoms with Gasteiger partial charge in [-0.2, -0.15) is 4.31 Å². The molecule has 0 radical (unpaired) electrons. The van der Waals surface area contributed by atoms with Gasteiger partial charge in [0.1, 0.15) is 5.82 Å². The molecule has 0 unspecified atom stereocenters. The molecule has 1 atom stereocenters. The Labute approximate surface area is 168 Å². The highest BCUT2D eigenvalue weighted by molar-refractivity contribution is 7.89. The monoisotopic (exact) mass is 399 g/mol. The molecule has 0 bridgehead atoms. The molecule has 2 aliphatic rings. The standard InChI is InChI=1S/C22H29N3O2S/c1-18-10-12-19(13-11-18)28(26,27)25-17-6-3-9-21(25)20-8-7-14-23-22(20)24-15-4-2-5-16-24/h7-8,10-14,21H,2-6,9,15-17H2,1H3/t21-/m0/s1. The Bertz CT molecular complexity index is 906. The summed E-state index contributed by atoms with van der Waals surface area (Å²) in [6.07, 6.45) is 8.22. The predicted molar refractivity (Wildman–Crippen MR) is 112 cm³/mol. The average Bonchev–Trinajstić information content (AvgIpc) is 2.75. The first-order chi connectivity index (χ1) is 13.6. The molecule has 2 aromatic rings. The summed E-state index contributed by atoms with van der Waals surface area (Å²) in [5, 5.41) is 0. The number of benzene rings is 1. The Morgan fingerprint density at radius 3 is 2.39 bits per heavy atom. The van der Waals surface area contributed by atoms with E-state index in [-0.39, 0.29) is 6.04 Å². The van der Waals surface area contributed by atoms with Crippen LogP contribution in [0.3, 0.4) is 0 Å². The fourth-order valence-electron chi connectivity index (χ4n) is 4.39. The fourth-order valence-corrected chi connectivity index (χ4v) is 6.06. The molecule has 2 aliphatic heterocycles. The third kappa shape index (κ3) is 3.80. The molecule has 2 saturated heterocycles. The first kappa shape index (κ1) is 19.4. The van der Waals surface area contributed by atoms with Crippen molar-refractivity contribution in [3.8, 4) is 0 Å². The topological polar surface area (TPSA) is 53.5 Å². The van der Waals surface area contributed by atoms with Crippen LogP contribution in [0.4, 0.5) is 5.82 Å². The minimum Gasteiger partial charge on any atom is -0.356 e. The lowest BCUT2D eigenvalue weighted by molar-refractivity contribution is 0.255. The van der Waals surface area contributed by atoms with E-state index in [2.05, 4.69) is 16.0 Å². The van der Waals surface area contributed by atoms with E-state index >= 15 is 0 Å². The van der Waals surface area contributed by atoms with Gasteiger partial charge in [-0.1, -0.05) is 30.2 Å². The molecule has 6 heteroatoms. The maximum Gasteiger partial charge on any atom is 0.243 e. The Morgan fingerprint density at radius 1 is 0.929 bits per heavy atom. The molecule has 3 heterocycles. The zero-order valence-electron chi connectivity index (χ0n) is 16.5. The number of aromatic nitrogens is 1. The first-order valence-corrected chi connectivity index (χ1v) is 11.8. The summed E-state index contributed by atoms with van der Waals surface area (Å²) in [5.41, 5.74) is 2.12. The van der Waals surface area contributed by atoms with Crippen LogP contribution in [-0.2, 0) is 10.0 Å². The highest BCUT2D eigenvalue weighted by atomic mass is 32.2. The van der Waals surface area contributed by atoms with Crippen molar-refractivity contribution in [2.24, 2.45) is 0 Å². The number of anilines is 1. The highest BCUT2D eigenvalue weighted by Crippen LogP contribution is 2.39. The van der Waals surface area contributed by atoms with Crippen LogP contribution in [0.25, 0.3) is 0 Å². The quantitative estimate of drug-likeness (QED) is 0.769. The number of piperidine rings is 2. The summed E-state index contributed by atoms with van der Waals surface area (Å²) >= 11 is 0. The molecule has 4 rings (SSSR count). The molecule has 1 aromatic heterocycles. The first-order valence-electron chi connectivity index (χ1n) is 10.4. The van der Waals surface area contributed by atoms with Crippen LogP contribution in [0.15, 0.2) is 47.5 Å². The lowest BCUT2D eigenvalue weighted by Crippen LogP contribution is -2.40. The molecule has 0 aliphatic carbocycles. The fraction of sp³-hybridized carbons (Fsp3) is 0.500. The molecule has 0 saturated carbocycles. The van der Waals surface area contributed by atoms with Gasteiger partial charge in [-0.15, -0.1) is 0 Å². The van der Waals surface area contributed by atoms with Gasteiger partial charge in [-0.05, 0) is 57.2 Å². The highest BCUT2D eigenvalue weighted by Gasteiger charge is 2.36. The number of hydrogen-bond donors (Lipinski definition) is 0. The maximum atomic E-state index is 13.5. The molecule has 5 nitrogen and oxygen atoms in total. The number of hydrogen-bond acceptors (Lipinski definition) is 4. The number of sulfonamides is 1. The van der Waals surface area contributed by atoms with Crippen molar-refractivity contribution in [2.45, 2.75) is 56.4 Å².